The fourth-order valence-corrected chi connectivity index (χ4v) is 1.08. The molecule has 1 aromatic rings. The monoisotopic (exact) mass is 276 g/mol. The normalized spacial score (nSPS) is 10.4. The molecule has 19 heavy (non-hydrogen) atoms. The lowest BCUT2D eigenvalue weighted by molar-refractivity contribution is -0.274. The average molecular weight is 276 g/mol. The molecule has 0 aliphatic rings. The van der Waals surface area contributed by atoms with Crippen molar-refractivity contribution in [1.29, 1.82) is 0 Å². The highest BCUT2D eigenvalue weighted by Gasteiger charge is 2.31. The minimum absolute atomic E-state index is 0.140. The van der Waals surface area contributed by atoms with Gasteiger partial charge in [0, 0.05) is 6.07 Å². The van der Waals surface area contributed by atoms with Crippen LogP contribution in [-0.2, 0) is 9.53 Å². The third-order valence-corrected chi connectivity index (χ3v) is 1.86. The highest BCUT2D eigenvalue weighted by molar-refractivity contribution is 5.72. The van der Waals surface area contributed by atoms with Gasteiger partial charge in [-0.25, -0.2) is 4.39 Å². The number of carbonyl (C=O) groups is 1. The Morgan fingerprint density at radius 1 is 1.37 bits per heavy atom. The topological polar surface area (TPSA) is 35.5 Å². The lowest BCUT2D eigenvalue weighted by Crippen LogP contribution is -2.17. The first-order valence-corrected chi connectivity index (χ1v) is 4.93. The van der Waals surface area contributed by atoms with Gasteiger partial charge >= 0.3 is 12.3 Å². The van der Waals surface area contributed by atoms with Crippen LogP contribution in [0.5, 0.6) is 5.75 Å². The molecule has 1 rings (SSSR count). The SMILES string of the molecule is COC(=O)CC#Cc1ccc(OC(F)(F)F)cc1F. The number of hydrogen-bond acceptors (Lipinski definition) is 3. The number of carbonyl (C=O) groups excluding carboxylic acids is 1. The second-order valence-electron chi connectivity index (χ2n) is 3.24. The summed E-state index contributed by atoms with van der Waals surface area (Å²) in [6.45, 7) is 0. The van der Waals surface area contributed by atoms with Crippen LogP contribution < -0.4 is 4.74 Å². The third kappa shape index (κ3) is 5.29. The maximum atomic E-state index is 13.4. The van der Waals surface area contributed by atoms with E-state index in [1.165, 1.54) is 7.11 Å². The van der Waals surface area contributed by atoms with Gasteiger partial charge in [0.25, 0.3) is 0 Å². The highest BCUT2D eigenvalue weighted by Crippen LogP contribution is 2.24. The van der Waals surface area contributed by atoms with Crippen molar-refractivity contribution in [3.8, 4) is 17.6 Å². The zero-order valence-electron chi connectivity index (χ0n) is 9.68. The molecular formula is C12H8F4O3. The average Bonchev–Trinajstić information content (AvgIpc) is 2.29. The van der Waals surface area contributed by atoms with Gasteiger partial charge in [0.15, 0.2) is 0 Å². The molecule has 0 atom stereocenters. The van der Waals surface area contributed by atoms with Crippen LogP contribution in [0, 0.1) is 17.7 Å². The predicted octanol–water partition coefficient (Wildman–Crippen LogP) is 2.64. The zero-order chi connectivity index (χ0) is 14.5. The van der Waals surface area contributed by atoms with Crippen LogP contribution >= 0.6 is 0 Å². The van der Waals surface area contributed by atoms with E-state index in [1.54, 1.807) is 0 Å². The van der Waals surface area contributed by atoms with Crippen molar-refractivity contribution in [2.75, 3.05) is 7.11 Å². The molecule has 0 saturated carbocycles. The third-order valence-electron chi connectivity index (χ3n) is 1.86. The van der Waals surface area contributed by atoms with E-state index in [9.17, 15) is 22.4 Å². The summed E-state index contributed by atoms with van der Waals surface area (Å²) in [6.07, 6.45) is -5.12. The van der Waals surface area contributed by atoms with E-state index in [0.717, 1.165) is 12.1 Å². The number of rotatable bonds is 2. The minimum atomic E-state index is -4.88. The molecule has 0 aliphatic heterocycles. The Morgan fingerprint density at radius 2 is 2.05 bits per heavy atom. The van der Waals surface area contributed by atoms with E-state index >= 15 is 0 Å². The van der Waals surface area contributed by atoms with Gasteiger partial charge < -0.3 is 9.47 Å². The van der Waals surface area contributed by atoms with Crippen molar-refractivity contribution >= 4 is 5.97 Å². The fraction of sp³-hybridized carbons (Fsp3) is 0.250. The van der Waals surface area contributed by atoms with Crippen molar-refractivity contribution in [3.05, 3.63) is 29.6 Å². The number of esters is 1. The molecule has 7 heteroatoms. The molecule has 0 radical (unpaired) electrons. The number of hydrogen-bond donors (Lipinski definition) is 0. The molecule has 0 amide bonds. The lowest BCUT2D eigenvalue weighted by Gasteiger charge is -2.08. The summed E-state index contributed by atoms with van der Waals surface area (Å²) in [5.74, 6) is 2.40. The smallest absolute Gasteiger partial charge is 0.468 e. The number of methoxy groups -OCH3 is 1. The maximum Gasteiger partial charge on any atom is 0.573 e. The Labute approximate surface area is 106 Å². The molecule has 0 aliphatic carbocycles. The van der Waals surface area contributed by atoms with Gasteiger partial charge in [-0.05, 0) is 12.1 Å². The summed E-state index contributed by atoms with van der Waals surface area (Å²) in [5.41, 5.74) is -0.140. The van der Waals surface area contributed by atoms with Crippen molar-refractivity contribution < 1.29 is 31.8 Å². The molecule has 1 aromatic carbocycles. The van der Waals surface area contributed by atoms with Crippen molar-refractivity contribution in [2.24, 2.45) is 0 Å². The summed E-state index contributed by atoms with van der Waals surface area (Å²) < 4.78 is 56.9. The van der Waals surface area contributed by atoms with Gasteiger partial charge in [-0.15, -0.1) is 13.2 Å². The Hall–Kier alpha value is -2.23. The number of benzene rings is 1. The van der Waals surface area contributed by atoms with Crippen molar-refractivity contribution in [2.45, 2.75) is 12.8 Å². The Bertz CT molecular complexity index is 526. The van der Waals surface area contributed by atoms with Crippen LogP contribution in [0.25, 0.3) is 0 Å². The molecule has 0 bridgehead atoms. The second-order valence-corrected chi connectivity index (χ2v) is 3.24. The first-order chi connectivity index (χ1) is 8.81. The summed E-state index contributed by atoms with van der Waals surface area (Å²) in [4.78, 5) is 10.7. The summed E-state index contributed by atoms with van der Waals surface area (Å²) >= 11 is 0. The van der Waals surface area contributed by atoms with Crippen LogP contribution in [0.3, 0.4) is 0 Å². The zero-order valence-corrected chi connectivity index (χ0v) is 9.68. The molecule has 102 valence electrons. The number of alkyl halides is 3. The molecule has 0 fully saturated rings. The molecule has 0 heterocycles. The van der Waals surface area contributed by atoms with Crippen LogP contribution in [0.4, 0.5) is 17.6 Å². The molecule has 0 N–H and O–H groups in total. The van der Waals surface area contributed by atoms with Gasteiger partial charge in [-0.2, -0.15) is 0 Å². The molecule has 0 saturated heterocycles. The Balaban J connectivity index is 2.80. The van der Waals surface area contributed by atoms with Crippen molar-refractivity contribution in [3.63, 3.8) is 0 Å². The van der Waals surface area contributed by atoms with Crippen molar-refractivity contribution in [1.82, 2.24) is 0 Å². The number of ether oxygens (including phenoxy) is 2. The van der Waals surface area contributed by atoms with E-state index in [4.69, 9.17) is 0 Å². The molecule has 3 nitrogen and oxygen atoms in total. The van der Waals surface area contributed by atoms with Crippen LogP contribution in [0.1, 0.15) is 12.0 Å². The molecular weight excluding hydrogens is 268 g/mol. The fourth-order valence-electron chi connectivity index (χ4n) is 1.08. The van der Waals surface area contributed by atoms with Gasteiger partial charge in [0.2, 0.25) is 0 Å². The second kappa shape index (κ2) is 6.09. The van der Waals surface area contributed by atoms with Gasteiger partial charge in [0.1, 0.15) is 18.0 Å². The molecule has 0 unspecified atom stereocenters. The van der Waals surface area contributed by atoms with E-state index in [-0.39, 0.29) is 12.0 Å². The van der Waals surface area contributed by atoms with Crippen LogP contribution in [-0.4, -0.2) is 19.4 Å². The summed E-state index contributed by atoms with van der Waals surface area (Å²) in [5, 5.41) is 0. The molecule has 0 spiro atoms. The largest absolute Gasteiger partial charge is 0.573 e. The van der Waals surface area contributed by atoms with E-state index < -0.39 is 23.9 Å². The van der Waals surface area contributed by atoms with E-state index in [0.29, 0.717) is 6.07 Å². The standard InChI is InChI=1S/C12H8F4O3/c1-18-11(17)4-2-3-8-5-6-9(7-10(8)13)19-12(14,15)16/h5-7H,4H2,1H3. The van der Waals surface area contributed by atoms with Gasteiger partial charge in [-0.1, -0.05) is 11.8 Å². The summed E-state index contributed by atoms with van der Waals surface area (Å²) in [7, 11) is 1.17. The van der Waals surface area contributed by atoms with Gasteiger partial charge in [-0.3, -0.25) is 4.79 Å². The summed E-state index contributed by atoms with van der Waals surface area (Å²) in [6, 6.07) is 2.52. The van der Waals surface area contributed by atoms with E-state index in [1.807, 2.05) is 0 Å². The van der Waals surface area contributed by atoms with Gasteiger partial charge in [0.05, 0.1) is 12.7 Å². The predicted molar refractivity (Wildman–Crippen MR) is 56.6 cm³/mol. The Morgan fingerprint density at radius 3 is 2.58 bits per heavy atom. The minimum Gasteiger partial charge on any atom is -0.468 e. The first kappa shape index (κ1) is 14.8. The van der Waals surface area contributed by atoms with Crippen LogP contribution in [0.2, 0.25) is 0 Å². The quantitative estimate of drug-likeness (QED) is 0.473. The first-order valence-electron chi connectivity index (χ1n) is 4.93. The molecule has 0 aromatic heterocycles. The Kier molecular flexibility index (Phi) is 4.75. The van der Waals surface area contributed by atoms with E-state index in [2.05, 4.69) is 21.3 Å². The lowest BCUT2D eigenvalue weighted by atomic mass is 10.2. The van der Waals surface area contributed by atoms with Crippen LogP contribution in [0.15, 0.2) is 18.2 Å². The number of halogens is 4. The highest BCUT2D eigenvalue weighted by atomic mass is 19.4. The maximum absolute atomic E-state index is 13.4.